The van der Waals surface area contributed by atoms with Gasteiger partial charge in [0.25, 0.3) is 0 Å². The van der Waals surface area contributed by atoms with Gasteiger partial charge in [0.05, 0.1) is 24.6 Å². The van der Waals surface area contributed by atoms with Gasteiger partial charge in [0.1, 0.15) is 0 Å². The van der Waals surface area contributed by atoms with E-state index in [4.69, 9.17) is 10.5 Å². The lowest BCUT2D eigenvalue weighted by molar-refractivity contribution is 0.119. The Morgan fingerprint density at radius 3 is 2.57 bits per heavy atom. The zero-order valence-corrected chi connectivity index (χ0v) is 12.8. The van der Waals surface area contributed by atoms with Gasteiger partial charge in [-0.15, -0.1) is 0 Å². The molecule has 114 valence electrons. The molecule has 3 nitrogen and oxygen atoms in total. The Morgan fingerprint density at radius 1 is 1.14 bits per heavy atom. The van der Waals surface area contributed by atoms with Gasteiger partial charge in [-0.25, -0.2) is 0 Å². The number of benzene rings is 1. The molecule has 3 heteroatoms. The molecule has 2 heterocycles. The van der Waals surface area contributed by atoms with Crippen molar-refractivity contribution >= 4 is 11.4 Å². The van der Waals surface area contributed by atoms with Gasteiger partial charge in [0.15, 0.2) is 0 Å². The van der Waals surface area contributed by atoms with Gasteiger partial charge in [0, 0.05) is 13.1 Å². The van der Waals surface area contributed by atoms with Gasteiger partial charge in [-0.2, -0.15) is 0 Å². The van der Waals surface area contributed by atoms with Crippen molar-refractivity contribution in [1.29, 1.82) is 0 Å². The maximum absolute atomic E-state index is 6.08. The number of allylic oxidation sites excluding steroid dienone is 1. The van der Waals surface area contributed by atoms with Crippen molar-refractivity contribution < 1.29 is 4.74 Å². The maximum atomic E-state index is 6.08. The lowest BCUT2D eigenvalue weighted by Gasteiger charge is -2.34. The van der Waals surface area contributed by atoms with Crippen LogP contribution in [0.2, 0.25) is 0 Å². The zero-order chi connectivity index (χ0) is 14.5. The third-order valence-corrected chi connectivity index (χ3v) is 4.77. The largest absolute Gasteiger partial charge is 0.397 e. The highest BCUT2D eigenvalue weighted by Crippen LogP contribution is 2.29. The highest BCUT2D eigenvalue weighted by molar-refractivity contribution is 5.67. The Balaban J connectivity index is 1.50. The summed E-state index contributed by atoms with van der Waals surface area (Å²) in [6, 6.07) is 8.22. The van der Waals surface area contributed by atoms with Gasteiger partial charge in [-0.1, -0.05) is 23.8 Å². The number of hydrogen-bond acceptors (Lipinski definition) is 3. The predicted molar refractivity (Wildman–Crippen MR) is 88.5 cm³/mol. The topological polar surface area (TPSA) is 38.5 Å². The van der Waals surface area contributed by atoms with Crippen LogP contribution in [-0.2, 0) is 4.74 Å². The van der Waals surface area contributed by atoms with Crippen molar-refractivity contribution in [3.63, 3.8) is 0 Å². The molecule has 0 atom stereocenters. The molecule has 0 aliphatic carbocycles. The molecule has 2 saturated heterocycles. The summed E-state index contributed by atoms with van der Waals surface area (Å²) in [6.45, 7) is 4.09. The normalized spacial score (nSPS) is 20.6. The van der Waals surface area contributed by atoms with Crippen LogP contribution in [0.1, 0.15) is 32.1 Å². The first-order valence-electron chi connectivity index (χ1n) is 8.18. The molecule has 0 unspecified atom stereocenters. The first-order chi connectivity index (χ1) is 10.3. The third kappa shape index (κ3) is 3.79. The highest BCUT2D eigenvalue weighted by Gasteiger charge is 2.20. The Bertz CT molecular complexity index is 482. The van der Waals surface area contributed by atoms with Crippen molar-refractivity contribution in [2.24, 2.45) is 5.92 Å². The minimum atomic E-state index is 0.835. The van der Waals surface area contributed by atoms with E-state index in [2.05, 4.69) is 23.1 Å². The molecule has 21 heavy (non-hydrogen) atoms. The number of piperidine rings is 1. The zero-order valence-electron chi connectivity index (χ0n) is 12.8. The number of ether oxygens (including phenoxy) is 1. The maximum Gasteiger partial charge on any atom is 0.0599 e. The molecular formula is C18H26N2O. The molecule has 1 aromatic carbocycles. The summed E-state index contributed by atoms with van der Waals surface area (Å²) in [6.07, 6.45) is 8.55. The van der Waals surface area contributed by atoms with Crippen LogP contribution < -0.4 is 10.6 Å². The van der Waals surface area contributed by atoms with E-state index < -0.39 is 0 Å². The van der Waals surface area contributed by atoms with Gasteiger partial charge in [-0.3, -0.25) is 0 Å². The van der Waals surface area contributed by atoms with Crippen LogP contribution in [0.4, 0.5) is 11.4 Å². The second-order valence-electron chi connectivity index (χ2n) is 6.20. The lowest BCUT2D eigenvalue weighted by atomic mass is 9.91. The summed E-state index contributed by atoms with van der Waals surface area (Å²) in [5.41, 5.74) is 9.80. The molecule has 1 aromatic rings. The van der Waals surface area contributed by atoms with E-state index >= 15 is 0 Å². The van der Waals surface area contributed by atoms with E-state index in [9.17, 15) is 0 Å². The van der Waals surface area contributed by atoms with E-state index in [1.807, 2.05) is 12.1 Å². The minimum absolute atomic E-state index is 0.835. The molecule has 0 radical (unpaired) electrons. The molecule has 0 aromatic heterocycles. The van der Waals surface area contributed by atoms with Crippen molar-refractivity contribution in [2.75, 3.05) is 36.9 Å². The van der Waals surface area contributed by atoms with Crippen molar-refractivity contribution in [3.05, 3.63) is 35.9 Å². The fraction of sp³-hybridized carbons (Fsp3) is 0.556. The van der Waals surface area contributed by atoms with Crippen molar-refractivity contribution in [3.8, 4) is 0 Å². The van der Waals surface area contributed by atoms with Crippen molar-refractivity contribution in [1.82, 2.24) is 0 Å². The van der Waals surface area contributed by atoms with E-state index in [1.165, 1.54) is 24.9 Å². The number of nitrogen functional groups attached to an aromatic ring is 1. The van der Waals surface area contributed by atoms with Gasteiger partial charge >= 0.3 is 0 Å². The Hall–Kier alpha value is -1.48. The summed E-state index contributed by atoms with van der Waals surface area (Å²) in [7, 11) is 0. The summed E-state index contributed by atoms with van der Waals surface area (Å²) in [5, 5.41) is 0. The average Bonchev–Trinajstić information content (AvgIpc) is 2.55. The summed E-state index contributed by atoms with van der Waals surface area (Å²) < 4.78 is 5.41. The fourth-order valence-corrected chi connectivity index (χ4v) is 3.36. The Kier molecular flexibility index (Phi) is 4.81. The fourth-order valence-electron chi connectivity index (χ4n) is 3.36. The number of nitrogens with two attached hydrogens (primary N) is 1. The SMILES string of the molecule is Nc1ccccc1N1CCC(CC=C2CCOCC2)CC1. The summed E-state index contributed by atoms with van der Waals surface area (Å²) in [5.74, 6) is 0.835. The van der Waals surface area contributed by atoms with Gasteiger partial charge in [-0.05, 0) is 50.2 Å². The molecule has 2 fully saturated rings. The molecule has 2 N–H and O–H groups in total. The Morgan fingerprint density at radius 2 is 1.86 bits per heavy atom. The first-order valence-corrected chi connectivity index (χ1v) is 8.18. The Labute approximate surface area is 127 Å². The average molecular weight is 286 g/mol. The van der Waals surface area contributed by atoms with Gasteiger partial charge in [0.2, 0.25) is 0 Å². The summed E-state index contributed by atoms with van der Waals surface area (Å²) >= 11 is 0. The van der Waals surface area contributed by atoms with Crippen LogP contribution in [0.5, 0.6) is 0 Å². The number of rotatable bonds is 3. The molecule has 3 rings (SSSR count). The quantitative estimate of drug-likeness (QED) is 0.681. The predicted octanol–water partition coefficient (Wildman–Crippen LogP) is 3.61. The number of anilines is 2. The van der Waals surface area contributed by atoms with Crippen LogP contribution >= 0.6 is 0 Å². The minimum Gasteiger partial charge on any atom is -0.397 e. The molecule has 0 spiro atoms. The molecule has 0 bridgehead atoms. The van der Waals surface area contributed by atoms with Crippen LogP contribution in [0.3, 0.4) is 0 Å². The van der Waals surface area contributed by atoms with E-state index in [0.29, 0.717) is 0 Å². The standard InChI is InChI=1S/C18H26N2O/c19-17-3-1-2-4-18(17)20-11-7-15(8-12-20)5-6-16-9-13-21-14-10-16/h1-4,6,15H,5,7-14,19H2. The number of para-hydroxylation sites is 2. The second-order valence-corrected chi connectivity index (χ2v) is 6.20. The monoisotopic (exact) mass is 286 g/mol. The van der Waals surface area contributed by atoms with E-state index in [1.54, 1.807) is 5.57 Å². The third-order valence-electron chi connectivity index (χ3n) is 4.77. The molecule has 0 amide bonds. The van der Waals surface area contributed by atoms with Crippen LogP contribution in [0, 0.1) is 5.92 Å². The summed E-state index contributed by atoms with van der Waals surface area (Å²) in [4.78, 5) is 2.44. The van der Waals surface area contributed by atoms with E-state index in [-0.39, 0.29) is 0 Å². The molecule has 2 aliphatic heterocycles. The highest BCUT2D eigenvalue weighted by atomic mass is 16.5. The van der Waals surface area contributed by atoms with E-state index in [0.717, 1.165) is 50.8 Å². The van der Waals surface area contributed by atoms with Gasteiger partial charge < -0.3 is 15.4 Å². The molecule has 2 aliphatic rings. The van der Waals surface area contributed by atoms with Crippen LogP contribution in [-0.4, -0.2) is 26.3 Å². The lowest BCUT2D eigenvalue weighted by Crippen LogP contribution is -2.34. The number of hydrogen-bond donors (Lipinski definition) is 1. The molecule has 0 saturated carbocycles. The smallest absolute Gasteiger partial charge is 0.0599 e. The number of nitrogens with zero attached hydrogens (tertiary/aromatic N) is 1. The first kappa shape index (κ1) is 14.5. The second kappa shape index (κ2) is 6.99. The van der Waals surface area contributed by atoms with Crippen LogP contribution in [0.15, 0.2) is 35.9 Å². The molecular weight excluding hydrogens is 260 g/mol. The van der Waals surface area contributed by atoms with Crippen LogP contribution in [0.25, 0.3) is 0 Å². The van der Waals surface area contributed by atoms with Crippen molar-refractivity contribution in [2.45, 2.75) is 32.1 Å².